The number of unbranched alkanes of at least 4 members (excludes halogenated alkanes) is 2. The van der Waals surface area contributed by atoms with Gasteiger partial charge >= 0.3 is 6.09 Å². The number of ether oxygens (including phenoxy) is 4. The largest absolute Gasteiger partial charge is 0.459 e. The van der Waals surface area contributed by atoms with Crippen LogP contribution in [0.3, 0.4) is 0 Å². The zero-order chi connectivity index (χ0) is 38.9. The lowest BCUT2D eigenvalue weighted by molar-refractivity contribution is -0.253. The fraction of sp³-hybridized carbons (Fsp3) is 0.571. The highest BCUT2D eigenvalue weighted by atomic mass is 35.5. The standard InChI is InChI=1S/C42H57ClN2O8S/c1-7-23-50-42-37(45(5)40(48)49-24-20-43)27-35(44-53-41(2,3)4)33-25-28(12-8-10-21-46)32(13-9-11-22-47)38(39(33)42)34-26-30(16-19-36(34)52-42)51-29-14-17-31(54-6)18-15-29/h7,14-19,25-26,28,32,37-39,46-47H,1,8-13,20-24,27H2,2-6H3. The lowest BCUT2D eigenvalue weighted by atomic mass is 9.55. The van der Waals surface area contributed by atoms with E-state index in [1.807, 2.05) is 63.4 Å². The van der Waals surface area contributed by atoms with E-state index < -0.39 is 29.4 Å². The first-order chi connectivity index (χ1) is 26.0. The lowest BCUT2D eigenvalue weighted by Gasteiger charge is -2.59. The van der Waals surface area contributed by atoms with Crippen LogP contribution in [0.15, 0.2) is 76.8 Å². The Morgan fingerprint density at radius 2 is 1.80 bits per heavy atom. The maximum absolute atomic E-state index is 13.7. The average Bonchev–Trinajstić information content (AvgIpc) is 3.16. The second kappa shape index (κ2) is 19.1. The van der Waals surface area contributed by atoms with E-state index in [0.29, 0.717) is 30.1 Å². The van der Waals surface area contributed by atoms with Gasteiger partial charge in [0.15, 0.2) is 0 Å². The van der Waals surface area contributed by atoms with Gasteiger partial charge in [0.25, 0.3) is 0 Å². The first-order valence-electron chi connectivity index (χ1n) is 19.0. The number of carbonyl (C=O) groups excluding carboxylic acids is 1. The summed E-state index contributed by atoms with van der Waals surface area (Å²) in [6, 6.07) is 13.3. The molecule has 0 aromatic heterocycles. The Kier molecular flexibility index (Phi) is 14.8. The van der Waals surface area contributed by atoms with E-state index in [1.165, 1.54) is 0 Å². The van der Waals surface area contributed by atoms with Crippen molar-refractivity contribution in [3.05, 3.63) is 72.3 Å². The summed E-state index contributed by atoms with van der Waals surface area (Å²) in [5, 5.41) is 24.5. The highest BCUT2D eigenvalue weighted by molar-refractivity contribution is 7.98. The number of carbonyl (C=O) groups is 1. The lowest BCUT2D eigenvalue weighted by Crippen LogP contribution is -2.69. The minimum atomic E-state index is -1.37. The van der Waals surface area contributed by atoms with Crippen LogP contribution in [0.1, 0.15) is 77.2 Å². The van der Waals surface area contributed by atoms with Gasteiger partial charge in [0.05, 0.1) is 24.1 Å². The van der Waals surface area contributed by atoms with Crippen molar-refractivity contribution in [3.8, 4) is 17.2 Å². The van der Waals surface area contributed by atoms with Gasteiger partial charge in [0.1, 0.15) is 35.5 Å². The SMILES string of the molecule is C=CCOC12Oc3ccc(Oc4ccc(SC)cc4)cc3C3C(CCCCO)C(CCCCO)C=C(C(=NOC(C)(C)C)CC1N(C)C(=O)OCCCl)C32. The molecular formula is C42H57ClN2O8S. The topological polar surface area (TPSA) is 119 Å². The maximum atomic E-state index is 13.7. The number of aliphatic hydroxyl groups is 2. The molecule has 10 nitrogen and oxygen atoms in total. The van der Waals surface area contributed by atoms with Crippen molar-refractivity contribution in [1.29, 1.82) is 0 Å². The molecule has 5 rings (SSSR count). The summed E-state index contributed by atoms with van der Waals surface area (Å²) in [7, 11) is 1.70. The van der Waals surface area contributed by atoms with E-state index in [1.54, 1.807) is 29.8 Å². The van der Waals surface area contributed by atoms with Crippen LogP contribution in [0, 0.1) is 17.8 Å². The summed E-state index contributed by atoms with van der Waals surface area (Å²) in [4.78, 5) is 22.5. The van der Waals surface area contributed by atoms with Crippen molar-refractivity contribution in [3.63, 3.8) is 0 Å². The minimum Gasteiger partial charge on any atom is -0.459 e. The minimum absolute atomic E-state index is 0.0537. The summed E-state index contributed by atoms with van der Waals surface area (Å²) >= 11 is 7.61. The van der Waals surface area contributed by atoms with Crippen LogP contribution in [-0.4, -0.2) is 90.0 Å². The quantitative estimate of drug-likeness (QED) is 0.0502. The van der Waals surface area contributed by atoms with E-state index >= 15 is 0 Å². The van der Waals surface area contributed by atoms with Crippen molar-refractivity contribution in [1.82, 2.24) is 4.90 Å². The van der Waals surface area contributed by atoms with Crippen molar-refractivity contribution in [2.24, 2.45) is 22.9 Å². The molecule has 0 spiro atoms. The number of nitrogens with zero attached hydrogens (tertiary/aromatic N) is 2. The van der Waals surface area contributed by atoms with E-state index in [2.05, 4.69) is 18.7 Å². The van der Waals surface area contributed by atoms with Crippen LogP contribution >= 0.6 is 23.4 Å². The molecule has 54 heavy (non-hydrogen) atoms. The first kappa shape index (κ1) is 41.9. The van der Waals surface area contributed by atoms with Gasteiger partial charge in [-0.25, -0.2) is 4.79 Å². The molecule has 12 heteroatoms. The van der Waals surface area contributed by atoms with Crippen LogP contribution in [-0.2, 0) is 14.3 Å². The van der Waals surface area contributed by atoms with Crippen molar-refractivity contribution >= 4 is 35.2 Å². The fourth-order valence-electron chi connectivity index (χ4n) is 8.12. The number of amides is 1. The molecule has 1 aliphatic heterocycles. The van der Waals surface area contributed by atoms with Crippen molar-refractivity contribution < 1.29 is 38.8 Å². The van der Waals surface area contributed by atoms with Crippen LogP contribution in [0.4, 0.5) is 4.79 Å². The Bertz CT molecular complexity index is 1630. The predicted molar refractivity (Wildman–Crippen MR) is 214 cm³/mol. The molecule has 6 unspecified atom stereocenters. The average molecular weight is 785 g/mol. The fourth-order valence-corrected chi connectivity index (χ4v) is 8.60. The number of benzene rings is 2. The monoisotopic (exact) mass is 784 g/mol. The molecule has 2 N–H and O–H groups in total. The highest BCUT2D eigenvalue weighted by Gasteiger charge is 2.65. The van der Waals surface area contributed by atoms with Gasteiger partial charge in [0.2, 0.25) is 5.79 Å². The number of hydrogen-bond acceptors (Lipinski definition) is 10. The zero-order valence-electron chi connectivity index (χ0n) is 32.3. The van der Waals surface area contributed by atoms with E-state index in [4.69, 9.17) is 40.5 Å². The number of alkyl halides is 1. The summed E-state index contributed by atoms with van der Waals surface area (Å²) in [5.74, 6) is 0.438. The summed E-state index contributed by atoms with van der Waals surface area (Å²) in [5.41, 5.74) is 2.09. The molecule has 0 saturated heterocycles. The Morgan fingerprint density at radius 1 is 1.09 bits per heavy atom. The number of fused-ring (bicyclic) bond motifs is 2. The third kappa shape index (κ3) is 9.59. The van der Waals surface area contributed by atoms with Crippen LogP contribution in [0.25, 0.3) is 0 Å². The zero-order valence-corrected chi connectivity index (χ0v) is 33.9. The van der Waals surface area contributed by atoms with E-state index in [0.717, 1.165) is 47.5 Å². The van der Waals surface area contributed by atoms with Gasteiger partial charge < -0.3 is 38.9 Å². The number of likely N-dealkylation sites (N-methyl/N-ethyl adjacent to an activating group) is 1. The normalized spacial score (nSPS) is 25.1. The summed E-state index contributed by atoms with van der Waals surface area (Å²) in [6.07, 6.45) is 10.5. The number of hydrogen-bond donors (Lipinski definition) is 2. The molecule has 2 aliphatic carbocycles. The molecule has 1 heterocycles. The van der Waals surface area contributed by atoms with Gasteiger partial charge in [-0.2, -0.15) is 0 Å². The molecule has 296 valence electrons. The molecular weight excluding hydrogens is 728 g/mol. The van der Waals surface area contributed by atoms with Gasteiger partial charge in [-0.3, -0.25) is 0 Å². The van der Waals surface area contributed by atoms with Crippen LogP contribution in [0.2, 0.25) is 0 Å². The van der Waals surface area contributed by atoms with E-state index in [-0.39, 0.29) is 56.5 Å². The molecule has 1 fully saturated rings. The van der Waals surface area contributed by atoms with Gasteiger partial charge in [-0.15, -0.1) is 29.9 Å². The first-order valence-corrected chi connectivity index (χ1v) is 20.8. The summed E-state index contributed by atoms with van der Waals surface area (Å²) < 4.78 is 26.1. The number of aliphatic hydroxyl groups excluding tert-OH is 2. The highest BCUT2D eigenvalue weighted by Crippen LogP contribution is 2.62. The molecule has 1 saturated carbocycles. The molecule has 2 aromatic rings. The van der Waals surface area contributed by atoms with Gasteiger partial charge in [-0.1, -0.05) is 30.1 Å². The van der Waals surface area contributed by atoms with Crippen molar-refractivity contribution in [2.45, 2.75) is 94.0 Å². The Morgan fingerprint density at radius 3 is 2.44 bits per heavy atom. The Balaban J connectivity index is 1.75. The molecule has 1 amide bonds. The Hall–Kier alpha value is -3.22. The third-order valence-electron chi connectivity index (χ3n) is 10.4. The van der Waals surface area contributed by atoms with Gasteiger partial charge in [0, 0.05) is 43.1 Å². The van der Waals surface area contributed by atoms with E-state index in [9.17, 15) is 15.0 Å². The molecule has 3 aliphatic rings. The number of rotatable bonds is 18. The van der Waals surface area contributed by atoms with Crippen molar-refractivity contribution in [2.75, 3.05) is 45.6 Å². The van der Waals surface area contributed by atoms with Crippen LogP contribution in [0.5, 0.6) is 17.2 Å². The Labute approximate surface area is 329 Å². The molecule has 6 atom stereocenters. The summed E-state index contributed by atoms with van der Waals surface area (Å²) in [6.45, 7) is 10.3. The second-order valence-electron chi connectivity index (χ2n) is 15.2. The number of halogens is 1. The molecule has 0 bridgehead atoms. The number of allylic oxidation sites excluding steroid dienone is 1. The van der Waals surface area contributed by atoms with Gasteiger partial charge in [-0.05, 0) is 113 Å². The molecule has 0 radical (unpaired) electrons. The number of thioether (sulfide) groups is 1. The smallest absolute Gasteiger partial charge is 0.410 e. The predicted octanol–water partition coefficient (Wildman–Crippen LogP) is 8.94. The molecule has 2 aromatic carbocycles. The second-order valence-corrected chi connectivity index (χ2v) is 16.4. The maximum Gasteiger partial charge on any atom is 0.410 e. The van der Waals surface area contributed by atoms with Crippen LogP contribution < -0.4 is 9.47 Å². The third-order valence-corrected chi connectivity index (χ3v) is 11.3. The number of oxime groups is 1.